The molecule has 0 unspecified atom stereocenters. The average Bonchev–Trinajstić information content (AvgIpc) is 3.84. The van der Waals surface area contributed by atoms with E-state index >= 15 is 0 Å². The van der Waals surface area contributed by atoms with Gasteiger partial charge in [-0.2, -0.15) is 0 Å². The second-order valence-corrected chi connectivity index (χ2v) is 11.0. The number of hydrogen-bond acceptors (Lipinski definition) is 3. The fourth-order valence-electron chi connectivity index (χ4n) is 5.80. The van der Waals surface area contributed by atoms with Gasteiger partial charge in [-0.1, -0.05) is 104 Å². The Morgan fingerprint density at radius 2 is 1.62 bits per heavy atom. The van der Waals surface area contributed by atoms with Crippen LogP contribution in [-0.4, -0.2) is 9.97 Å². The summed E-state index contributed by atoms with van der Waals surface area (Å²) in [5.74, 6) is -0.212. The summed E-state index contributed by atoms with van der Waals surface area (Å²) in [4.78, 5) is 8.56. The molecule has 0 spiro atoms. The van der Waals surface area contributed by atoms with Crippen molar-refractivity contribution in [2.45, 2.75) is 52.6 Å². The summed E-state index contributed by atoms with van der Waals surface area (Å²) in [6.07, 6.45) is 4.28. The Hall–Kier alpha value is -4.11. The molecule has 3 heterocycles. The molecular weight excluding hydrogens is 729 g/mol. The van der Waals surface area contributed by atoms with Crippen molar-refractivity contribution in [1.29, 1.82) is 0 Å². The van der Waals surface area contributed by atoms with E-state index in [0.717, 1.165) is 52.8 Å². The van der Waals surface area contributed by atoms with E-state index in [4.69, 9.17) is 19.5 Å². The van der Waals surface area contributed by atoms with Gasteiger partial charge in [0.25, 0.3) is 0 Å². The number of hydrogen-bond donors (Lipinski definition) is 0. The fraction of sp³-hybridized carbons (Fsp3) is 0.220. The van der Waals surface area contributed by atoms with E-state index in [0.29, 0.717) is 28.1 Å². The molecule has 0 atom stereocenters. The summed E-state index contributed by atoms with van der Waals surface area (Å²) < 4.78 is 92.0. The van der Waals surface area contributed by atoms with Gasteiger partial charge < -0.3 is 14.4 Å². The molecule has 1 aliphatic rings. The standard InChI is InChI=1S/C28H24NO.C13H12N.Ir/c1-18-17-29-26(16-21(18)15-19-7-2-3-8-19)25-12-6-11-23-24-14-13-20-9-4-5-10-22(20)27(24)30-28(23)25;1-10-3-6-12(7-4-10)13-8-5-11(2)9-14-13;/h4-6,9-11,13-14,16-17,19H,2-3,7-8,15H2,1H3;3-6,8-9H,1-2H3;/q2*-1;/i1D3,15D2;1D3,2D3;. The maximum atomic E-state index is 8.94. The van der Waals surface area contributed by atoms with Gasteiger partial charge in [-0.25, -0.2) is 0 Å². The van der Waals surface area contributed by atoms with Gasteiger partial charge >= 0.3 is 0 Å². The molecular formula is C41H36IrN2O-2. The zero-order valence-corrected chi connectivity index (χ0v) is 26.7. The third-order valence-electron chi connectivity index (χ3n) is 8.05. The molecule has 7 aromatic rings. The molecule has 1 radical (unpaired) electrons. The molecule has 0 aliphatic heterocycles. The van der Waals surface area contributed by atoms with Crippen LogP contribution in [-0.2, 0) is 26.5 Å². The van der Waals surface area contributed by atoms with E-state index in [1.807, 2.05) is 42.5 Å². The molecule has 0 amide bonds. The van der Waals surface area contributed by atoms with E-state index in [2.05, 4.69) is 28.2 Å². The quantitative estimate of drug-likeness (QED) is 0.167. The minimum atomic E-state index is -2.46. The van der Waals surface area contributed by atoms with Crippen LogP contribution in [0.2, 0.25) is 0 Å². The summed E-state index contributed by atoms with van der Waals surface area (Å²) in [6, 6.07) is 31.2. The zero-order chi connectivity index (χ0) is 39.3. The van der Waals surface area contributed by atoms with Crippen molar-refractivity contribution in [2.75, 3.05) is 0 Å². The number of nitrogens with zero attached hydrogens (tertiary/aromatic N) is 2. The maximum absolute atomic E-state index is 8.94. The Bertz CT molecular complexity index is 2430. The Labute approximate surface area is 294 Å². The molecule has 8 rings (SSSR count). The maximum Gasteiger partial charge on any atom is 0.128 e. The van der Waals surface area contributed by atoms with Crippen LogP contribution < -0.4 is 0 Å². The van der Waals surface area contributed by atoms with Crippen LogP contribution in [0, 0.1) is 38.6 Å². The van der Waals surface area contributed by atoms with Crippen LogP contribution in [0.25, 0.3) is 55.2 Å². The van der Waals surface area contributed by atoms with E-state index in [1.165, 1.54) is 30.6 Å². The summed E-state index contributed by atoms with van der Waals surface area (Å²) in [6.45, 7) is -6.80. The van der Waals surface area contributed by atoms with Gasteiger partial charge in [-0.05, 0) is 53.9 Å². The van der Waals surface area contributed by atoms with Crippen molar-refractivity contribution in [2.24, 2.45) is 5.92 Å². The molecule has 3 nitrogen and oxygen atoms in total. The molecule has 3 aromatic heterocycles. The third-order valence-corrected chi connectivity index (χ3v) is 8.05. The zero-order valence-electron chi connectivity index (χ0n) is 35.3. The molecule has 1 fully saturated rings. The van der Waals surface area contributed by atoms with Crippen LogP contribution in [0.1, 0.15) is 63.0 Å². The normalized spacial score (nSPS) is 17.9. The smallest absolute Gasteiger partial charge is 0.128 e. The first-order valence-electron chi connectivity index (χ1n) is 20.2. The van der Waals surface area contributed by atoms with Gasteiger partial charge in [-0.3, -0.25) is 0 Å². The van der Waals surface area contributed by atoms with Crippen LogP contribution in [0.5, 0.6) is 0 Å². The molecule has 4 aromatic carbocycles. The van der Waals surface area contributed by atoms with Gasteiger partial charge in [0, 0.05) is 58.3 Å². The SMILES string of the molecule is [2H]C([2H])([2H])c1c[c-]c(-c2ccc(C([2H])([2H])[2H])cn2)cc1.[2H]C([2H])([2H])c1cnc(-c2[c-]ccc3c2oc2c4ccccc4ccc32)cc1C([2H])([2H])C1CCCC1.[Ir]. The van der Waals surface area contributed by atoms with E-state index in [1.54, 1.807) is 18.2 Å². The first-order chi connectivity index (χ1) is 25.9. The van der Waals surface area contributed by atoms with Crippen molar-refractivity contribution in [3.63, 3.8) is 0 Å². The second-order valence-electron chi connectivity index (χ2n) is 11.0. The molecule has 1 aliphatic carbocycles. The molecule has 227 valence electrons. The van der Waals surface area contributed by atoms with Crippen LogP contribution in [0.3, 0.4) is 0 Å². The Balaban J connectivity index is 0.000000217. The number of aromatic nitrogens is 2. The Morgan fingerprint density at radius 1 is 0.800 bits per heavy atom. The molecule has 45 heavy (non-hydrogen) atoms. The van der Waals surface area contributed by atoms with Gasteiger partial charge in [0.2, 0.25) is 0 Å². The van der Waals surface area contributed by atoms with E-state index in [-0.39, 0.29) is 48.3 Å². The van der Waals surface area contributed by atoms with Crippen LogP contribution >= 0.6 is 0 Å². The number of fused-ring (bicyclic) bond motifs is 5. The van der Waals surface area contributed by atoms with Gasteiger partial charge in [0.05, 0.1) is 5.58 Å². The third kappa shape index (κ3) is 6.50. The fourth-order valence-corrected chi connectivity index (χ4v) is 5.80. The summed E-state index contributed by atoms with van der Waals surface area (Å²) in [7, 11) is 0. The molecule has 1 saturated carbocycles. The first-order valence-corrected chi connectivity index (χ1v) is 14.7. The minimum Gasteiger partial charge on any atom is -0.500 e. The largest absolute Gasteiger partial charge is 0.500 e. The number of aryl methyl sites for hydroxylation is 3. The van der Waals surface area contributed by atoms with Gasteiger partial charge in [0.1, 0.15) is 5.58 Å². The summed E-state index contributed by atoms with van der Waals surface area (Å²) >= 11 is 0. The summed E-state index contributed by atoms with van der Waals surface area (Å²) in [5, 5.41) is 3.99. The van der Waals surface area contributed by atoms with Crippen molar-refractivity contribution < 1.29 is 39.6 Å². The molecule has 0 N–H and O–H groups in total. The van der Waals surface area contributed by atoms with Crippen LogP contribution in [0.4, 0.5) is 0 Å². The number of pyridine rings is 2. The van der Waals surface area contributed by atoms with E-state index < -0.39 is 26.9 Å². The molecule has 0 bridgehead atoms. The second kappa shape index (κ2) is 13.5. The summed E-state index contributed by atoms with van der Waals surface area (Å²) in [5.41, 5.74) is 4.17. The van der Waals surface area contributed by atoms with Crippen molar-refractivity contribution >= 4 is 32.7 Å². The van der Waals surface area contributed by atoms with E-state index in [9.17, 15) is 0 Å². The predicted octanol–water partition coefficient (Wildman–Crippen LogP) is 10.8. The Kier molecular flexibility index (Phi) is 6.02. The van der Waals surface area contributed by atoms with Crippen molar-refractivity contribution in [3.8, 4) is 22.5 Å². The monoisotopic (exact) mass is 776 g/mol. The number of benzene rings is 4. The Morgan fingerprint density at radius 3 is 2.40 bits per heavy atom. The van der Waals surface area contributed by atoms with Gasteiger partial charge in [-0.15, -0.1) is 53.6 Å². The molecule has 4 heteroatoms. The van der Waals surface area contributed by atoms with Crippen LogP contribution in [0.15, 0.2) is 102 Å². The number of rotatable bonds is 4. The topological polar surface area (TPSA) is 38.9 Å². The minimum absolute atomic E-state index is 0. The van der Waals surface area contributed by atoms with Gasteiger partial charge in [0.15, 0.2) is 0 Å². The van der Waals surface area contributed by atoms with Crippen molar-refractivity contribution in [3.05, 3.63) is 132 Å². The average molecular weight is 776 g/mol. The predicted molar refractivity (Wildman–Crippen MR) is 182 cm³/mol. The van der Waals surface area contributed by atoms with Crippen molar-refractivity contribution in [1.82, 2.24) is 9.97 Å². The number of furan rings is 1. The first kappa shape index (κ1) is 20.1. The molecule has 0 saturated heterocycles.